The Balaban J connectivity index is 1.94. The standard InChI is InChI=1S/C12H14O3/c13-11-4-10-7-15-6-9(10)3-8(11)5-12(14)1-2-12/h3-4,13-14H,1-2,5-7H2. The summed E-state index contributed by atoms with van der Waals surface area (Å²) in [5.41, 5.74) is 2.51. The molecule has 3 nitrogen and oxygen atoms in total. The lowest BCUT2D eigenvalue weighted by Gasteiger charge is -2.10. The molecule has 2 aliphatic rings. The maximum Gasteiger partial charge on any atom is 0.119 e. The van der Waals surface area contributed by atoms with E-state index in [4.69, 9.17) is 4.74 Å². The Morgan fingerprint density at radius 3 is 2.53 bits per heavy atom. The number of benzene rings is 1. The Hall–Kier alpha value is -1.06. The van der Waals surface area contributed by atoms with E-state index < -0.39 is 5.60 Å². The molecule has 3 heteroatoms. The number of hydrogen-bond donors (Lipinski definition) is 2. The number of fused-ring (bicyclic) bond motifs is 1. The molecule has 1 aliphatic carbocycles. The lowest BCUT2D eigenvalue weighted by molar-refractivity contribution is 0.134. The molecule has 80 valence electrons. The van der Waals surface area contributed by atoms with Gasteiger partial charge in [-0.15, -0.1) is 0 Å². The highest BCUT2D eigenvalue weighted by molar-refractivity contribution is 5.43. The van der Waals surface area contributed by atoms with Crippen molar-refractivity contribution in [2.75, 3.05) is 0 Å². The van der Waals surface area contributed by atoms with E-state index >= 15 is 0 Å². The Kier molecular flexibility index (Phi) is 1.82. The molecule has 15 heavy (non-hydrogen) atoms. The number of hydrogen-bond acceptors (Lipinski definition) is 3. The molecule has 0 spiro atoms. The molecule has 1 heterocycles. The molecule has 1 fully saturated rings. The van der Waals surface area contributed by atoms with Gasteiger partial charge in [0.15, 0.2) is 0 Å². The zero-order valence-electron chi connectivity index (χ0n) is 8.49. The van der Waals surface area contributed by atoms with Crippen molar-refractivity contribution in [3.63, 3.8) is 0 Å². The predicted octanol–water partition coefficient (Wildman–Crippen LogP) is 1.49. The molecule has 1 aliphatic heterocycles. The average molecular weight is 206 g/mol. The van der Waals surface area contributed by atoms with Crippen LogP contribution < -0.4 is 0 Å². The van der Waals surface area contributed by atoms with Gasteiger partial charge in [0.25, 0.3) is 0 Å². The van der Waals surface area contributed by atoms with Crippen molar-refractivity contribution in [2.45, 2.75) is 38.1 Å². The zero-order chi connectivity index (χ0) is 10.5. The number of rotatable bonds is 2. The van der Waals surface area contributed by atoms with Crippen molar-refractivity contribution in [1.82, 2.24) is 0 Å². The summed E-state index contributed by atoms with van der Waals surface area (Å²) in [5, 5.41) is 19.6. The van der Waals surface area contributed by atoms with Crippen LogP contribution >= 0.6 is 0 Å². The average Bonchev–Trinajstić information content (AvgIpc) is 2.74. The van der Waals surface area contributed by atoms with Crippen LogP contribution in [0.2, 0.25) is 0 Å². The van der Waals surface area contributed by atoms with Crippen molar-refractivity contribution >= 4 is 0 Å². The summed E-state index contributed by atoms with van der Waals surface area (Å²) in [6, 6.07) is 3.73. The van der Waals surface area contributed by atoms with E-state index in [1.807, 2.05) is 6.07 Å². The molecule has 0 unspecified atom stereocenters. The van der Waals surface area contributed by atoms with E-state index in [0.29, 0.717) is 25.4 Å². The topological polar surface area (TPSA) is 49.7 Å². The van der Waals surface area contributed by atoms with Crippen molar-refractivity contribution in [1.29, 1.82) is 0 Å². The van der Waals surface area contributed by atoms with Crippen LogP contribution in [0.3, 0.4) is 0 Å². The van der Waals surface area contributed by atoms with Crippen molar-refractivity contribution in [3.8, 4) is 5.75 Å². The number of aromatic hydroxyl groups is 1. The van der Waals surface area contributed by atoms with Crippen LogP contribution in [0.15, 0.2) is 12.1 Å². The van der Waals surface area contributed by atoms with Crippen LogP contribution in [0.4, 0.5) is 0 Å². The molecular weight excluding hydrogens is 192 g/mol. The first-order chi connectivity index (χ1) is 7.16. The Labute approximate surface area is 88.3 Å². The van der Waals surface area contributed by atoms with Crippen LogP contribution in [0.25, 0.3) is 0 Å². The summed E-state index contributed by atoms with van der Waals surface area (Å²) in [6.45, 7) is 1.22. The van der Waals surface area contributed by atoms with Gasteiger partial charge in [0.1, 0.15) is 5.75 Å². The van der Waals surface area contributed by atoms with Gasteiger partial charge in [-0.25, -0.2) is 0 Å². The second kappa shape index (κ2) is 2.97. The Bertz CT molecular complexity index is 408. The minimum atomic E-state index is -0.550. The monoisotopic (exact) mass is 206 g/mol. The normalized spacial score (nSPS) is 21.4. The van der Waals surface area contributed by atoms with Crippen LogP contribution in [-0.4, -0.2) is 15.8 Å². The molecule has 1 aromatic rings. The lowest BCUT2D eigenvalue weighted by atomic mass is 10.00. The third-order valence-corrected chi connectivity index (χ3v) is 3.26. The number of aliphatic hydroxyl groups is 1. The van der Waals surface area contributed by atoms with Crippen LogP contribution in [0.1, 0.15) is 29.5 Å². The molecule has 0 radical (unpaired) electrons. The summed E-state index contributed by atoms with van der Waals surface area (Å²) >= 11 is 0. The van der Waals surface area contributed by atoms with Crippen molar-refractivity contribution in [3.05, 3.63) is 28.8 Å². The van der Waals surface area contributed by atoms with Gasteiger partial charge in [-0.3, -0.25) is 0 Å². The van der Waals surface area contributed by atoms with Gasteiger partial charge in [0.2, 0.25) is 0 Å². The van der Waals surface area contributed by atoms with E-state index in [1.165, 1.54) is 0 Å². The van der Waals surface area contributed by atoms with E-state index in [9.17, 15) is 10.2 Å². The fourth-order valence-corrected chi connectivity index (χ4v) is 2.08. The Morgan fingerprint density at radius 2 is 1.87 bits per heavy atom. The summed E-state index contributed by atoms with van der Waals surface area (Å²) in [4.78, 5) is 0. The van der Waals surface area contributed by atoms with E-state index in [-0.39, 0.29) is 0 Å². The van der Waals surface area contributed by atoms with Gasteiger partial charge < -0.3 is 14.9 Å². The van der Waals surface area contributed by atoms with Crippen molar-refractivity contribution < 1.29 is 14.9 Å². The molecule has 1 saturated carbocycles. The van der Waals surface area contributed by atoms with Crippen molar-refractivity contribution in [2.24, 2.45) is 0 Å². The third-order valence-electron chi connectivity index (χ3n) is 3.26. The number of phenols is 1. The van der Waals surface area contributed by atoms with Gasteiger partial charge in [-0.1, -0.05) is 0 Å². The smallest absolute Gasteiger partial charge is 0.119 e. The fraction of sp³-hybridized carbons (Fsp3) is 0.500. The molecule has 0 saturated heterocycles. The summed E-state index contributed by atoms with van der Waals surface area (Å²) in [6.07, 6.45) is 2.26. The van der Waals surface area contributed by atoms with Gasteiger partial charge in [-0.2, -0.15) is 0 Å². The maximum atomic E-state index is 9.81. The first-order valence-corrected chi connectivity index (χ1v) is 5.30. The second-order valence-electron chi connectivity index (χ2n) is 4.64. The summed E-state index contributed by atoms with van der Waals surface area (Å²) in [7, 11) is 0. The molecule has 3 rings (SSSR count). The summed E-state index contributed by atoms with van der Waals surface area (Å²) in [5.74, 6) is 0.291. The number of phenolic OH excluding ortho intramolecular Hbond substituents is 1. The molecule has 0 aromatic heterocycles. The minimum absolute atomic E-state index is 0.291. The lowest BCUT2D eigenvalue weighted by Crippen LogP contribution is -2.11. The molecule has 1 aromatic carbocycles. The highest BCUT2D eigenvalue weighted by Crippen LogP contribution is 2.40. The largest absolute Gasteiger partial charge is 0.508 e. The van der Waals surface area contributed by atoms with Gasteiger partial charge in [-0.05, 0) is 41.7 Å². The van der Waals surface area contributed by atoms with Crippen LogP contribution in [0, 0.1) is 0 Å². The van der Waals surface area contributed by atoms with Gasteiger partial charge >= 0.3 is 0 Å². The number of ether oxygens (including phenoxy) is 1. The fourth-order valence-electron chi connectivity index (χ4n) is 2.08. The first kappa shape index (κ1) is 9.19. The highest BCUT2D eigenvalue weighted by Gasteiger charge is 2.40. The van der Waals surface area contributed by atoms with Gasteiger partial charge in [0, 0.05) is 6.42 Å². The third kappa shape index (κ3) is 1.62. The second-order valence-corrected chi connectivity index (χ2v) is 4.64. The predicted molar refractivity (Wildman–Crippen MR) is 54.5 cm³/mol. The quantitative estimate of drug-likeness (QED) is 0.770. The van der Waals surface area contributed by atoms with Crippen LogP contribution in [0.5, 0.6) is 5.75 Å². The van der Waals surface area contributed by atoms with Crippen LogP contribution in [-0.2, 0) is 24.4 Å². The van der Waals surface area contributed by atoms with E-state index in [0.717, 1.165) is 29.5 Å². The molecule has 2 N–H and O–H groups in total. The summed E-state index contributed by atoms with van der Waals surface area (Å²) < 4.78 is 5.30. The highest BCUT2D eigenvalue weighted by atomic mass is 16.5. The molecule has 0 amide bonds. The Morgan fingerprint density at radius 1 is 1.20 bits per heavy atom. The van der Waals surface area contributed by atoms with Gasteiger partial charge in [0.05, 0.1) is 18.8 Å². The molecular formula is C12H14O3. The SMILES string of the molecule is Oc1cc2c(cc1CC1(O)CC1)COC2. The zero-order valence-corrected chi connectivity index (χ0v) is 8.49. The molecule has 0 atom stereocenters. The first-order valence-electron chi connectivity index (χ1n) is 5.30. The molecule has 0 bridgehead atoms. The van der Waals surface area contributed by atoms with E-state index in [2.05, 4.69) is 0 Å². The van der Waals surface area contributed by atoms with E-state index in [1.54, 1.807) is 6.07 Å². The minimum Gasteiger partial charge on any atom is -0.508 e. The maximum absolute atomic E-state index is 9.81.